The molecule has 0 bridgehead atoms. The fourth-order valence-electron chi connectivity index (χ4n) is 3.19. The van der Waals surface area contributed by atoms with Gasteiger partial charge in [0.1, 0.15) is 9.71 Å². The van der Waals surface area contributed by atoms with Crippen LogP contribution >= 0.6 is 11.3 Å². The first-order valence-corrected chi connectivity index (χ1v) is 11.6. The first-order chi connectivity index (χ1) is 15.4. The van der Waals surface area contributed by atoms with E-state index in [1.54, 1.807) is 30.3 Å². The maximum Gasteiger partial charge on any atom is 0.417 e. The van der Waals surface area contributed by atoms with Crippen molar-refractivity contribution in [1.82, 2.24) is 4.98 Å². The molecule has 7 nitrogen and oxygen atoms in total. The molecule has 0 aliphatic rings. The largest absolute Gasteiger partial charge is 0.417 e. The maximum atomic E-state index is 13.8. The third-order valence-corrected chi connectivity index (χ3v) is 6.75. The quantitative estimate of drug-likeness (QED) is 0.387. The Bertz CT molecular complexity index is 1470. The van der Waals surface area contributed by atoms with Crippen molar-refractivity contribution in [2.75, 3.05) is 11.1 Å². The van der Waals surface area contributed by atoms with Crippen LogP contribution in [0.15, 0.2) is 65.6 Å². The van der Waals surface area contributed by atoms with Crippen molar-refractivity contribution < 1.29 is 26.4 Å². The second-order valence-corrected chi connectivity index (χ2v) is 9.53. The molecule has 0 fully saturated rings. The van der Waals surface area contributed by atoms with E-state index in [0.29, 0.717) is 5.56 Å². The normalized spacial score (nSPS) is 12.1. The molecule has 2 aromatic heterocycles. The number of carbonyl (C=O) groups excluding carboxylic acids is 1. The van der Waals surface area contributed by atoms with Gasteiger partial charge in [0.2, 0.25) is 10.0 Å². The zero-order valence-electron chi connectivity index (χ0n) is 16.6. The number of hydrogen-bond acceptors (Lipinski definition) is 6. The molecule has 1 amide bonds. The molecular weight excluding hydrogens is 477 g/mol. The minimum Gasteiger partial charge on any atom is -0.397 e. The van der Waals surface area contributed by atoms with Gasteiger partial charge in [-0.05, 0) is 30.3 Å². The van der Waals surface area contributed by atoms with E-state index in [1.807, 2.05) is 0 Å². The van der Waals surface area contributed by atoms with Crippen molar-refractivity contribution >= 4 is 48.9 Å². The van der Waals surface area contributed by atoms with Gasteiger partial charge < -0.3 is 11.1 Å². The molecule has 0 aliphatic carbocycles. The minimum absolute atomic E-state index is 0.0316. The fourth-order valence-corrected chi connectivity index (χ4v) is 4.72. The summed E-state index contributed by atoms with van der Waals surface area (Å²) < 4.78 is 64.2. The molecule has 170 valence electrons. The molecule has 4 rings (SSSR count). The van der Waals surface area contributed by atoms with Crippen LogP contribution in [0.3, 0.4) is 0 Å². The highest BCUT2D eigenvalue weighted by Crippen LogP contribution is 2.43. The Morgan fingerprint density at radius 1 is 1.03 bits per heavy atom. The number of anilines is 2. The lowest BCUT2D eigenvalue weighted by atomic mass is 10.1. The molecule has 0 atom stereocenters. The Balaban J connectivity index is 1.77. The van der Waals surface area contributed by atoms with Crippen molar-refractivity contribution in [2.45, 2.75) is 11.1 Å². The monoisotopic (exact) mass is 492 g/mol. The zero-order chi connectivity index (χ0) is 24.0. The highest BCUT2D eigenvalue weighted by Gasteiger charge is 2.36. The number of halogens is 3. The Morgan fingerprint density at radius 3 is 2.24 bits per heavy atom. The number of aromatic nitrogens is 1. The SMILES string of the molecule is Nc1c(C(=O)Nc2ccc(S(N)(=O)=O)cc2)sc2nc(-c3ccccc3)cc(C(F)(F)F)c12. The van der Waals surface area contributed by atoms with Crippen molar-refractivity contribution in [3.05, 3.63) is 71.1 Å². The number of nitrogens with zero attached hydrogens (tertiary/aromatic N) is 1. The van der Waals surface area contributed by atoms with Gasteiger partial charge in [-0.15, -0.1) is 11.3 Å². The number of nitrogens with two attached hydrogens (primary N) is 2. The highest BCUT2D eigenvalue weighted by molar-refractivity contribution is 7.89. The number of pyridine rings is 1. The van der Waals surface area contributed by atoms with E-state index in [2.05, 4.69) is 10.3 Å². The molecule has 4 aromatic rings. The standard InChI is InChI=1S/C21H15F3N4O3S2/c22-21(23,24)14-10-15(11-4-2-1-3-5-11)28-20-16(14)17(25)18(32-20)19(29)27-12-6-8-13(9-7-12)33(26,30)31/h1-10H,25H2,(H,27,29)(H2,26,30,31). The van der Waals surface area contributed by atoms with Crippen LogP contribution in [0.1, 0.15) is 15.2 Å². The number of primary sulfonamides is 1. The Hall–Kier alpha value is -3.48. The predicted molar refractivity (Wildman–Crippen MR) is 120 cm³/mol. The fraction of sp³-hybridized carbons (Fsp3) is 0.0476. The molecule has 0 aliphatic heterocycles. The van der Waals surface area contributed by atoms with Crippen LogP contribution in [-0.4, -0.2) is 19.3 Å². The summed E-state index contributed by atoms with van der Waals surface area (Å²) >= 11 is 0.734. The van der Waals surface area contributed by atoms with Gasteiger partial charge in [0.05, 0.1) is 21.8 Å². The second kappa shape index (κ2) is 8.14. The molecule has 12 heteroatoms. The van der Waals surface area contributed by atoms with E-state index in [9.17, 15) is 26.4 Å². The number of carbonyl (C=O) groups is 1. The maximum absolute atomic E-state index is 13.8. The summed E-state index contributed by atoms with van der Waals surface area (Å²) in [5.74, 6) is -0.756. The first kappa shape index (κ1) is 22.7. The lowest BCUT2D eigenvalue weighted by molar-refractivity contribution is -0.136. The topological polar surface area (TPSA) is 128 Å². The number of nitrogens with one attached hydrogen (secondary N) is 1. The van der Waals surface area contributed by atoms with Crippen LogP contribution in [0.2, 0.25) is 0 Å². The van der Waals surface area contributed by atoms with Crippen LogP contribution in [0.4, 0.5) is 24.5 Å². The van der Waals surface area contributed by atoms with Gasteiger partial charge in [0.15, 0.2) is 0 Å². The summed E-state index contributed by atoms with van der Waals surface area (Å²) in [6.45, 7) is 0. The van der Waals surface area contributed by atoms with Crippen LogP contribution in [0.5, 0.6) is 0 Å². The lowest BCUT2D eigenvalue weighted by Crippen LogP contribution is -2.14. The molecule has 33 heavy (non-hydrogen) atoms. The minimum atomic E-state index is -4.72. The summed E-state index contributed by atoms with van der Waals surface area (Å²) in [5.41, 5.74) is 5.44. The van der Waals surface area contributed by atoms with Gasteiger partial charge >= 0.3 is 6.18 Å². The molecule has 2 aromatic carbocycles. The third-order valence-electron chi connectivity index (χ3n) is 4.72. The number of fused-ring (bicyclic) bond motifs is 1. The Morgan fingerprint density at radius 2 is 1.67 bits per heavy atom. The molecule has 0 radical (unpaired) electrons. The molecular formula is C21H15F3N4O3S2. The van der Waals surface area contributed by atoms with E-state index < -0.39 is 27.7 Å². The molecule has 2 heterocycles. The van der Waals surface area contributed by atoms with Crippen LogP contribution in [0, 0.1) is 0 Å². The van der Waals surface area contributed by atoms with Gasteiger partial charge in [-0.3, -0.25) is 4.79 Å². The average molecular weight is 493 g/mol. The summed E-state index contributed by atoms with van der Waals surface area (Å²) in [5, 5.41) is 7.18. The van der Waals surface area contributed by atoms with Crippen LogP contribution in [0.25, 0.3) is 21.5 Å². The van der Waals surface area contributed by atoms with Crippen molar-refractivity contribution in [3.63, 3.8) is 0 Å². The van der Waals surface area contributed by atoms with E-state index >= 15 is 0 Å². The number of thiophene rings is 1. The number of amides is 1. The van der Waals surface area contributed by atoms with E-state index in [1.165, 1.54) is 24.3 Å². The smallest absolute Gasteiger partial charge is 0.397 e. The number of hydrogen-bond donors (Lipinski definition) is 3. The molecule has 0 saturated carbocycles. The Labute approximate surface area is 189 Å². The van der Waals surface area contributed by atoms with Gasteiger partial charge in [0, 0.05) is 16.6 Å². The van der Waals surface area contributed by atoms with Gasteiger partial charge in [0.25, 0.3) is 5.91 Å². The van der Waals surface area contributed by atoms with Crippen molar-refractivity contribution in [1.29, 1.82) is 0 Å². The average Bonchev–Trinajstić information content (AvgIpc) is 3.09. The predicted octanol–water partition coefficient (Wildman–Crippen LogP) is 4.46. The summed E-state index contributed by atoms with van der Waals surface area (Å²) in [4.78, 5) is 16.7. The van der Waals surface area contributed by atoms with Gasteiger partial charge in [-0.1, -0.05) is 30.3 Å². The van der Waals surface area contributed by atoms with Gasteiger partial charge in [-0.2, -0.15) is 13.2 Å². The third kappa shape index (κ3) is 4.53. The van der Waals surface area contributed by atoms with E-state index in [-0.39, 0.29) is 37.1 Å². The number of sulfonamides is 1. The number of nitrogen functional groups attached to an aromatic ring is 1. The zero-order valence-corrected chi connectivity index (χ0v) is 18.2. The first-order valence-electron chi connectivity index (χ1n) is 9.25. The second-order valence-electron chi connectivity index (χ2n) is 6.97. The number of benzene rings is 2. The molecule has 5 N–H and O–H groups in total. The van der Waals surface area contributed by atoms with Gasteiger partial charge in [-0.25, -0.2) is 18.5 Å². The van der Waals surface area contributed by atoms with Crippen LogP contribution < -0.4 is 16.2 Å². The van der Waals surface area contributed by atoms with Crippen LogP contribution in [-0.2, 0) is 16.2 Å². The summed E-state index contributed by atoms with van der Waals surface area (Å²) in [7, 11) is -3.92. The van der Waals surface area contributed by atoms with E-state index in [4.69, 9.17) is 10.9 Å². The molecule has 0 spiro atoms. The van der Waals surface area contributed by atoms with Crippen molar-refractivity contribution in [3.8, 4) is 11.3 Å². The number of alkyl halides is 3. The lowest BCUT2D eigenvalue weighted by Gasteiger charge is -2.11. The highest BCUT2D eigenvalue weighted by atomic mass is 32.2. The van der Waals surface area contributed by atoms with E-state index in [0.717, 1.165) is 17.4 Å². The number of rotatable bonds is 4. The van der Waals surface area contributed by atoms with Crippen molar-refractivity contribution in [2.24, 2.45) is 5.14 Å². The summed E-state index contributed by atoms with van der Waals surface area (Å²) in [6, 6.07) is 14.2. The molecule has 0 saturated heterocycles. The summed E-state index contributed by atoms with van der Waals surface area (Å²) in [6.07, 6.45) is -4.72. The molecule has 0 unspecified atom stereocenters. The Kier molecular flexibility index (Phi) is 5.60.